The van der Waals surface area contributed by atoms with Crippen LogP contribution in [0.4, 0.5) is 0 Å². The molecule has 0 saturated heterocycles. The van der Waals surface area contributed by atoms with Gasteiger partial charge in [0.2, 0.25) is 0 Å². The SMILES string of the molecule is CC1=C[C@]2(C)CCC[C@@]23[C@H](C)CC(=O)[C@@]13C. The first-order valence-electron chi connectivity index (χ1n) is 6.62. The number of ketones is 1. The first kappa shape index (κ1) is 10.6. The molecule has 0 amide bonds. The van der Waals surface area contributed by atoms with Crippen LogP contribution in [0.1, 0.15) is 53.4 Å². The van der Waals surface area contributed by atoms with Crippen LogP contribution in [0.25, 0.3) is 0 Å². The molecule has 4 atom stereocenters. The minimum atomic E-state index is -0.141. The molecule has 3 aliphatic carbocycles. The maximum atomic E-state index is 12.4. The van der Waals surface area contributed by atoms with Gasteiger partial charge in [-0.25, -0.2) is 0 Å². The Balaban J connectivity index is 2.28. The first-order chi connectivity index (χ1) is 7.38. The van der Waals surface area contributed by atoms with E-state index in [4.69, 9.17) is 0 Å². The minimum Gasteiger partial charge on any atom is -0.299 e. The Bertz CT molecular complexity index is 408. The fourth-order valence-corrected chi connectivity index (χ4v) is 5.67. The lowest BCUT2D eigenvalue weighted by molar-refractivity contribution is -0.127. The van der Waals surface area contributed by atoms with E-state index < -0.39 is 0 Å². The van der Waals surface area contributed by atoms with E-state index in [1.807, 2.05) is 0 Å². The van der Waals surface area contributed by atoms with Gasteiger partial charge in [0.15, 0.2) is 0 Å². The molecule has 0 bridgehead atoms. The van der Waals surface area contributed by atoms with Crippen LogP contribution >= 0.6 is 0 Å². The summed E-state index contributed by atoms with van der Waals surface area (Å²) in [5, 5.41) is 0. The van der Waals surface area contributed by atoms with Crippen molar-refractivity contribution >= 4 is 5.78 Å². The number of hydrogen-bond acceptors (Lipinski definition) is 1. The van der Waals surface area contributed by atoms with Crippen LogP contribution in [-0.2, 0) is 4.79 Å². The second kappa shape index (κ2) is 2.63. The Labute approximate surface area is 98.3 Å². The monoisotopic (exact) mass is 218 g/mol. The van der Waals surface area contributed by atoms with Crippen molar-refractivity contribution in [1.82, 2.24) is 0 Å². The highest BCUT2D eigenvalue weighted by Crippen LogP contribution is 2.76. The van der Waals surface area contributed by atoms with Crippen molar-refractivity contribution in [3.05, 3.63) is 11.6 Å². The van der Waals surface area contributed by atoms with Crippen molar-refractivity contribution in [2.75, 3.05) is 0 Å². The minimum absolute atomic E-state index is 0.141. The molecule has 0 aromatic heterocycles. The van der Waals surface area contributed by atoms with Crippen molar-refractivity contribution in [2.24, 2.45) is 22.2 Å². The Kier molecular flexibility index (Phi) is 1.73. The smallest absolute Gasteiger partial charge is 0.143 e. The van der Waals surface area contributed by atoms with Gasteiger partial charge >= 0.3 is 0 Å². The molecule has 0 aromatic rings. The van der Waals surface area contributed by atoms with Crippen LogP contribution in [-0.4, -0.2) is 5.78 Å². The standard InChI is InChI=1S/C15H22O/c1-10-8-12(16)14(4)11(2)9-13(3)6-5-7-15(10,13)14/h9-10H,5-8H2,1-4H3/t10-,13+,14-,15-/m1/s1. The third kappa shape index (κ3) is 0.752. The lowest BCUT2D eigenvalue weighted by atomic mass is 9.55. The quantitative estimate of drug-likeness (QED) is 0.566. The molecule has 1 spiro atoms. The van der Waals surface area contributed by atoms with Gasteiger partial charge in [0, 0.05) is 6.42 Å². The lowest BCUT2D eigenvalue weighted by Crippen LogP contribution is -2.44. The molecule has 3 aliphatic rings. The molecule has 1 heteroatoms. The summed E-state index contributed by atoms with van der Waals surface area (Å²) >= 11 is 0. The van der Waals surface area contributed by atoms with E-state index >= 15 is 0 Å². The van der Waals surface area contributed by atoms with Crippen LogP contribution in [0.5, 0.6) is 0 Å². The zero-order chi connectivity index (χ0) is 11.8. The molecule has 2 saturated carbocycles. The molecule has 0 aromatic carbocycles. The predicted octanol–water partition coefficient (Wildman–Crippen LogP) is 3.74. The van der Waals surface area contributed by atoms with Crippen molar-refractivity contribution in [2.45, 2.75) is 53.4 Å². The molecule has 3 rings (SSSR count). The third-order valence-electron chi connectivity index (χ3n) is 6.39. The van der Waals surface area contributed by atoms with Crippen LogP contribution in [0, 0.1) is 22.2 Å². The zero-order valence-electron chi connectivity index (χ0n) is 10.9. The number of carbonyl (C=O) groups excluding carboxylic acids is 1. The maximum Gasteiger partial charge on any atom is 0.143 e. The predicted molar refractivity (Wildman–Crippen MR) is 65.0 cm³/mol. The van der Waals surface area contributed by atoms with Gasteiger partial charge in [0.25, 0.3) is 0 Å². The molecule has 0 unspecified atom stereocenters. The number of hydrogen-bond donors (Lipinski definition) is 0. The normalized spacial score (nSPS) is 55.1. The molecule has 0 N–H and O–H groups in total. The average molecular weight is 218 g/mol. The van der Waals surface area contributed by atoms with E-state index in [1.165, 1.54) is 24.8 Å². The largest absolute Gasteiger partial charge is 0.299 e. The van der Waals surface area contributed by atoms with Crippen molar-refractivity contribution in [3.63, 3.8) is 0 Å². The van der Waals surface area contributed by atoms with Crippen molar-refractivity contribution in [3.8, 4) is 0 Å². The summed E-state index contributed by atoms with van der Waals surface area (Å²) in [5.74, 6) is 1.06. The van der Waals surface area contributed by atoms with E-state index in [0.717, 1.165) is 6.42 Å². The molecule has 0 radical (unpaired) electrons. The summed E-state index contributed by atoms with van der Waals surface area (Å²) in [6.45, 7) is 9.10. The molecule has 88 valence electrons. The molecule has 0 aliphatic heterocycles. The maximum absolute atomic E-state index is 12.4. The zero-order valence-corrected chi connectivity index (χ0v) is 10.9. The molecule has 16 heavy (non-hydrogen) atoms. The fourth-order valence-electron chi connectivity index (χ4n) is 5.67. The molecule has 0 heterocycles. The highest BCUT2D eigenvalue weighted by molar-refractivity contribution is 5.92. The van der Waals surface area contributed by atoms with E-state index in [0.29, 0.717) is 11.7 Å². The van der Waals surface area contributed by atoms with Crippen LogP contribution in [0.3, 0.4) is 0 Å². The summed E-state index contributed by atoms with van der Waals surface area (Å²) < 4.78 is 0. The third-order valence-corrected chi connectivity index (χ3v) is 6.39. The van der Waals surface area contributed by atoms with Crippen LogP contribution in [0.2, 0.25) is 0 Å². The Morgan fingerprint density at radius 2 is 2.00 bits per heavy atom. The van der Waals surface area contributed by atoms with Gasteiger partial charge in [-0.1, -0.05) is 31.9 Å². The highest BCUT2D eigenvalue weighted by Gasteiger charge is 2.72. The van der Waals surface area contributed by atoms with Gasteiger partial charge in [-0.15, -0.1) is 0 Å². The summed E-state index contributed by atoms with van der Waals surface area (Å²) in [6, 6.07) is 0. The topological polar surface area (TPSA) is 17.1 Å². The summed E-state index contributed by atoms with van der Waals surface area (Å²) in [5.41, 5.74) is 1.75. The summed E-state index contributed by atoms with van der Waals surface area (Å²) in [4.78, 5) is 12.4. The number of allylic oxidation sites excluding steroid dienone is 2. The van der Waals surface area contributed by atoms with Crippen LogP contribution in [0.15, 0.2) is 11.6 Å². The molecule has 2 fully saturated rings. The summed E-state index contributed by atoms with van der Waals surface area (Å²) in [7, 11) is 0. The van der Waals surface area contributed by atoms with Gasteiger partial charge in [0.1, 0.15) is 5.78 Å². The Hall–Kier alpha value is -0.590. The molecular formula is C15H22O. The first-order valence-corrected chi connectivity index (χ1v) is 6.62. The van der Waals surface area contributed by atoms with Crippen molar-refractivity contribution in [1.29, 1.82) is 0 Å². The molecular weight excluding hydrogens is 196 g/mol. The second-order valence-electron chi connectivity index (χ2n) is 6.72. The summed E-state index contributed by atoms with van der Waals surface area (Å²) in [6.07, 6.45) is 7.07. The van der Waals surface area contributed by atoms with Gasteiger partial charge in [-0.3, -0.25) is 4.79 Å². The van der Waals surface area contributed by atoms with E-state index in [2.05, 4.69) is 33.8 Å². The van der Waals surface area contributed by atoms with Crippen molar-refractivity contribution < 1.29 is 4.79 Å². The highest BCUT2D eigenvalue weighted by atomic mass is 16.1. The second-order valence-corrected chi connectivity index (χ2v) is 6.72. The number of Topliss-reactive ketones (excluding diaryl/α,β-unsaturated/α-hetero) is 1. The van der Waals surface area contributed by atoms with E-state index in [1.54, 1.807) is 0 Å². The number of carbonyl (C=O) groups is 1. The average Bonchev–Trinajstić information content (AvgIpc) is 2.67. The van der Waals surface area contributed by atoms with Gasteiger partial charge in [-0.05, 0) is 43.4 Å². The Morgan fingerprint density at radius 1 is 1.31 bits per heavy atom. The van der Waals surface area contributed by atoms with Gasteiger partial charge in [0.05, 0.1) is 5.41 Å². The lowest BCUT2D eigenvalue weighted by Gasteiger charge is -2.46. The van der Waals surface area contributed by atoms with E-state index in [9.17, 15) is 4.79 Å². The Morgan fingerprint density at radius 3 is 2.69 bits per heavy atom. The van der Waals surface area contributed by atoms with E-state index in [-0.39, 0.29) is 16.2 Å². The molecule has 1 nitrogen and oxygen atoms in total. The van der Waals surface area contributed by atoms with Gasteiger partial charge < -0.3 is 0 Å². The fraction of sp³-hybridized carbons (Fsp3) is 0.800. The number of rotatable bonds is 0. The van der Waals surface area contributed by atoms with Gasteiger partial charge in [-0.2, -0.15) is 0 Å². The van der Waals surface area contributed by atoms with Crippen LogP contribution < -0.4 is 0 Å².